The molecule has 20 heavy (non-hydrogen) atoms. The fourth-order valence-electron chi connectivity index (χ4n) is 1.93. The van der Waals surface area contributed by atoms with Crippen LogP contribution < -0.4 is 10.5 Å². The van der Waals surface area contributed by atoms with Crippen LogP contribution in [0.3, 0.4) is 0 Å². The fourth-order valence-corrected chi connectivity index (χ4v) is 2.17. The van der Waals surface area contributed by atoms with Gasteiger partial charge in [-0.25, -0.2) is 4.39 Å². The number of hydrogen-bond donors (Lipinski definition) is 1. The van der Waals surface area contributed by atoms with Crippen molar-refractivity contribution in [2.24, 2.45) is 5.73 Å². The minimum Gasteiger partial charge on any atom is -0.492 e. The lowest BCUT2D eigenvalue weighted by Crippen LogP contribution is -2.14. The molecular weight excluding hydrogens is 279 g/mol. The van der Waals surface area contributed by atoms with Crippen LogP contribution in [0.1, 0.15) is 24.1 Å². The van der Waals surface area contributed by atoms with Crippen molar-refractivity contribution in [2.45, 2.75) is 19.4 Å². The lowest BCUT2D eigenvalue weighted by Gasteiger charge is -2.14. The first-order valence-corrected chi connectivity index (χ1v) is 6.75. The molecule has 2 aromatic rings. The van der Waals surface area contributed by atoms with Crippen LogP contribution in [0.15, 0.2) is 36.7 Å². The Bertz CT molecular complexity index is 592. The second-order valence-corrected chi connectivity index (χ2v) is 4.84. The molecule has 2 N–H and O–H groups in total. The third kappa shape index (κ3) is 3.68. The Morgan fingerprint density at radius 2 is 2.15 bits per heavy atom. The molecule has 0 aliphatic carbocycles. The SMILES string of the molecule is CCOc1cncc(C(N)Cc2ccc(F)cc2Cl)c1. The zero-order chi connectivity index (χ0) is 14.5. The van der Waals surface area contributed by atoms with E-state index in [2.05, 4.69) is 4.98 Å². The normalized spacial score (nSPS) is 12.2. The number of nitrogens with zero attached hydrogens (tertiary/aromatic N) is 1. The van der Waals surface area contributed by atoms with Gasteiger partial charge in [0.1, 0.15) is 11.6 Å². The van der Waals surface area contributed by atoms with E-state index in [1.165, 1.54) is 12.1 Å². The van der Waals surface area contributed by atoms with Crippen molar-refractivity contribution in [3.63, 3.8) is 0 Å². The van der Waals surface area contributed by atoms with Gasteiger partial charge in [0.05, 0.1) is 12.8 Å². The number of nitrogens with two attached hydrogens (primary N) is 1. The summed E-state index contributed by atoms with van der Waals surface area (Å²) in [4.78, 5) is 4.10. The number of ether oxygens (including phenoxy) is 1. The Kier molecular flexibility index (Phi) is 4.93. The molecule has 106 valence electrons. The summed E-state index contributed by atoms with van der Waals surface area (Å²) in [6.45, 7) is 2.48. The molecular formula is C15H16ClFN2O. The first kappa shape index (κ1) is 14.8. The number of halogens is 2. The highest BCUT2D eigenvalue weighted by molar-refractivity contribution is 6.31. The van der Waals surface area contributed by atoms with E-state index >= 15 is 0 Å². The first-order valence-electron chi connectivity index (χ1n) is 6.37. The van der Waals surface area contributed by atoms with E-state index in [1.807, 2.05) is 13.0 Å². The van der Waals surface area contributed by atoms with Crippen LogP contribution in [0.5, 0.6) is 5.75 Å². The third-order valence-corrected chi connectivity index (χ3v) is 3.28. The zero-order valence-corrected chi connectivity index (χ0v) is 11.9. The van der Waals surface area contributed by atoms with Gasteiger partial charge in [0.2, 0.25) is 0 Å². The van der Waals surface area contributed by atoms with Crippen molar-refractivity contribution < 1.29 is 9.13 Å². The minimum absolute atomic E-state index is 0.272. The number of rotatable bonds is 5. The first-order chi connectivity index (χ1) is 9.60. The Morgan fingerprint density at radius 1 is 1.35 bits per heavy atom. The second kappa shape index (κ2) is 6.68. The van der Waals surface area contributed by atoms with Gasteiger partial charge in [-0.05, 0) is 42.7 Å². The van der Waals surface area contributed by atoms with Crippen LogP contribution in [-0.2, 0) is 6.42 Å². The van der Waals surface area contributed by atoms with Gasteiger partial charge in [-0.1, -0.05) is 17.7 Å². The molecule has 0 aliphatic heterocycles. The van der Waals surface area contributed by atoms with Gasteiger partial charge in [-0.2, -0.15) is 0 Å². The van der Waals surface area contributed by atoms with E-state index in [4.69, 9.17) is 22.1 Å². The third-order valence-electron chi connectivity index (χ3n) is 2.93. The van der Waals surface area contributed by atoms with Crippen LogP contribution in [0.2, 0.25) is 5.02 Å². The highest BCUT2D eigenvalue weighted by atomic mass is 35.5. The molecule has 0 spiro atoms. The summed E-state index contributed by atoms with van der Waals surface area (Å²) in [7, 11) is 0. The standard InChI is InChI=1S/C15H16ClFN2O/c1-2-20-13-5-11(8-19-9-13)15(18)6-10-3-4-12(17)7-14(10)16/h3-5,7-9,15H,2,6,18H2,1H3. The van der Waals surface area contributed by atoms with Gasteiger partial charge in [-0.3, -0.25) is 4.98 Å². The number of benzene rings is 1. The Labute approximate surface area is 122 Å². The molecule has 0 saturated carbocycles. The second-order valence-electron chi connectivity index (χ2n) is 4.43. The molecule has 0 amide bonds. The van der Waals surface area contributed by atoms with E-state index in [9.17, 15) is 4.39 Å². The summed E-state index contributed by atoms with van der Waals surface area (Å²) in [6, 6.07) is 5.91. The summed E-state index contributed by atoms with van der Waals surface area (Å²) in [5.41, 5.74) is 7.82. The number of hydrogen-bond acceptors (Lipinski definition) is 3. The molecule has 2 rings (SSSR count). The maximum atomic E-state index is 13.0. The average Bonchev–Trinajstić information content (AvgIpc) is 2.42. The largest absolute Gasteiger partial charge is 0.492 e. The number of aromatic nitrogens is 1. The lowest BCUT2D eigenvalue weighted by atomic mass is 10.0. The summed E-state index contributed by atoms with van der Waals surface area (Å²) >= 11 is 6.01. The molecule has 1 atom stereocenters. The molecule has 5 heteroatoms. The van der Waals surface area contributed by atoms with E-state index in [-0.39, 0.29) is 11.9 Å². The molecule has 0 bridgehead atoms. The highest BCUT2D eigenvalue weighted by Gasteiger charge is 2.11. The number of pyridine rings is 1. The van der Waals surface area contributed by atoms with E-state index in [0.29, 0.717) is 23.8 Å². The van der Waals surface area contributed by atoms with Crippen molar-refractivity contribution in [3.8, 4) is 5.75 Å². The van der Waals surface area contributed by atoms with Gasteiger partial charge >= 0.3 is 0 Å². The highest BCUT2D eigenvalue weighted by Crippen LogP contribution is 2.24. The quantitative estimate of drug-likeness (QED) is 0.918. The maximum Gasteiger partial charge on any atom is 0.137 e. The van der Waals surface area contributed by atoms with E-state index < -0.39 is 0 Å². The van der Waals surface area contributed by atoms with Gasteiger partial charge in [0.15, 0.2) is 0 Å². The Balaban J connectivity index is 2.15. The summed E-state index contributed by atoms with van der Waals surface area (Å²) in [5.74, 6) is 0.331. The molecule has 1 aromatic heterocycles. The summed E-state index contributed by atoms with van der Waals surface area (Å²) in [6.07, 6.45) is 3.85. The molecule has 1 unspecified atom stereocenters. The molecule has 1 aromatic carbocycles. The van der Waals surface area contributed by atoms with Gasteiger partial charge in [0.25, 0.3) is 0 Å². The molecule has 0 radical (unpaired) electrons. The molecule has 0 saturated heterocycles. The van der Waals surface area contributed by atoms with E-state index in [1.54, 1.807) is 18.5 Å². The predicted molar refractivity (Wildman–Crippen MR) is 77.4 cm³/mol. The molecule has 0 aliphatic rings. The van der Waals surface area contributed by atoms with Gasteiger partial charge in [0, 0.05) is 17.3 Å². The molecule has 1 heterocycles. The zero-order valence-electron chi connectivity index (χ0n) is 11.1. The Hall–Kier alpha value is -1.65. The molecule has 3 nitrogen and oxygen atoms in total. The summed E-state index contributed by atoms with van der Waals surface area (Å²) in [5, 5.41) is 0.384. The summed E-state index contributed by atoms with van der Waals surface area (Å²) < 4.78 is 18.4. The van der Waals surface area contributed by atoms with Crippen molar-refractivity contribution in [3.05, 3.63) is 58.6 Å². The van der Waals surface area contributed by atoms with Gasteiger partial charge < -0.3 is 10.5 Å². The van der Waals surface area contributed by atoms with Crippen LogP contribution in [-0.4, -0.2) is 11.6 Å². The average molecular weight is 295 g/mol. The fraction of sp³-hybridized carbons (Fsp3) is 0.267. The van der Waals surface area contributed by atoms with Crippen molar-refractivity contribution in [2.75, 3.05) is 6.61 Å². The van der Waals surface area contributed by atoms with Crippen LogP contribution in [0.4, 0.5) is 4.39 Å². The molecule has 0 fully saturated rings. The van der Waals surface area contributed by atoms with Crippen LogP contribution >= 0.6 is 11.6 Å². The van der Waals surface area contributed by atoms with Crippen molar-refractivity contribution in [1.82, 2.24) is 4.98 Å². The van der Waals surface area contributed by atoms with Gasteiger partial charge in [-0.15, -0.1) is 0 Å². The van der Waals surface area contributed by atoms with E-state index in [0.717, 1.165) is 11.1 Å². The monoisotopic (exact) mass is 294 g/mol. The topological polar surface area (TPSA) is 48.1 Å². The van der Waals surface area contributed by atoms with Crippen LogP contribution in [0, 0.1) is 5.82 Å². The minimum atomic E-state index is -0.354. The smallest absolute Gasteiger partial charge is 0.137 e. The van der Waals surface area contributed by atoms with Crippen LogP contribution in [0.25, 0.3) is 0 Å². The Morgan fingerprint density at radius 3 is 2.85 bits per heavy atom. The van der Waals surface area contributed by atoms with Crippen molar-refractivity contribution in [1.29, 1.82) is 0 Å². The predicted octanol–water partition coefficient (Wildman–Crippen LogP) is 3.52. The van der Waals surface area contributed by atoms with Crippen molar-refractivity contribution >= 4 is 11.6 Å². The maximum absolute atomic E-state index is 13.0. The lowest BCUT2D eigenvalue weighted by molar-refractivity contribution is 0.338.